The average molecular weight is 162 g/mol. The van der Waals surface area contributed by atoms with E-state index in [9.17, 15) is 0 Å². The third kappa shape index (κ3) is 2.21. The second-order valence-corrected chi connectivity index (χ2v) is 2.94. The molecule has 0 amide bonds. The van der Waals surface area contributed by atoms with Gasteiger partial charge in [-0.15, -0.1) is 0 Å². The minimum Gasteiger partial charge on any atom is -0.392 e. The van der Waals surface area contributed by atoms with Crippen molar-refractivity contribution in [2.45, 2.75) is 13.8 Å². The fraction of sp³-hybridized carbons (Fsp3) is 0.273. The summed E-state index contributed by atoms with van der Waals surface area (Å²) in [6, 6.07) is 6.29. The van der Waals surface area contributed by atoms with Gasteiger partial charge in [-0.1, -0.05) is 35.9 Å². The van der Waals surface area contributed by atoms with E-state index >= 15 is 0 Å². The lowest BCUT2D eigenvalue weighted by molar-refractivity contribution is 0.343. The Kier molecular flexibility index (Phi) is 3.06. The van der Waals surface area contributed by atoms with Gasteiger partial charge in [0, 0.05) is 0 Å². The van der Waals surface area contributed by atoms with Crippen LogP contribution in [0.25, 0.3) is 6.08 Å². The highest BCUT2D eigenvalue weighted by Crippen LogP contribution is 2.11. The summed E-state index contributed by atoms with van der Waals surface area (Å²) >= 11 is 0. The molecule has 0 heterocycles. The second-order valence-electron chi connectivity index (χ2n) is 2.94. The Morgan fingerprint density at radius 2 is 2.08 bits per heavy atom. The fourth-order valence-corrected chi connectivity index (χ4v) is 1.12. The van der Waals surface area contributed by atoms with Gasteiger partial charge in [-0.05, 0) is 25.0 Å². The van der Waals surface area contributed by atoms with Crippen LogP contribution in [0.3, 0.4) is 0 Å². The number of aryl methyl sites for hydroxylation is 2. The normalized spacial score (nSPS) is 10.9. The van der Waals surface area contributed by atoms with E-state index in [4.69, 9.17) is 5.11 Å². The van der Waals surface area contributed by atoms with Gasteiger partial charge in [-0.2, -0.15) is 0 Å². The Morgan fingerprint density at radius 1 is 1.33 bits per heavy atom. The molecule has 1 heteroatoms. The van der Waals surface area contributed by atoms with Gasteiger partial charge in [0.15, 0.2) is 0 Å². The summed E-state index contributed by atoms with van der Waals surface area (Å²) in [4.78, 5) is 0. The fourth-order valence-electron chi connectivity index (χ4n) is 1.12. The molecule has 0 bridgehead atoms. The zero-order valence-corrected chi connectivity index (χ0v) is 7.54. The van der Waals surface area contributed by atoms with Crippen LogP contribution in [0.15, 0.2) is 24.3 Å². The molecular weight excluding hydrogens is 148 g/mol. The summed E-state index contributed by atoms with van der Waals surface area (Å²) in [6.45, 7) is 4.24. The van der Waals surface area contributed by atoms with Crippen molar-refractivity contribution < 1.29 is 5.11 Å². The molecule has 0 spiro atoms. The predicted molar refractivity (Wildman–Crippen MR) is 52.0 cm³/mol. The van der Waals surface area contributed by atoms with Crippen molar-refractivity contribution in [3.05, 3.63) is 41.0 Å². The third-order valence-corrected chi connectivity index (χ3v) is 1.84. The average Bonchev–Trinajstić information content (AvgIpc) is 2.07. The number of benzene rings is 1. The summed E-state index contributed by atoms with van der Waals surface area (Å²) in [5.41, 5.74) is 3.67. The molecule has 0 atom stereocenters. The van der Waals surface area contributed by atoms with E-state index in [2.05, 4.69) is 32.0 Å². The number of rotatable bonds is 2. The molecule has 0 aliphatic carbocycles. The van der Waals surface area contributed by atoms with E-state index in [0.717, 1.165) is 0 Å². The molecule has 64 valence electrons. The van der Waals surface area contributed by atoms with E-state index in [1.807, 2.05) is 6.08 Å². The molecule has 0 fully saturated rings. The van der Waals surface area contributed by atoms with Gasteiger partial charge in [0.05, 0.1) is 6.61 Å². The van der Waals surface area contributed by atoms with Crippen LogP contribution in [0, 0.1) is 13.8 Å². The molecule has 1 rings (SSSR count). The highest BCUT2D eigenvalue weighted by atomic mass is 16.2. The minimum absolute atomic E-state index is 0.105. The minimum atomic E-state index is 0.105. The maximum Gasteiger partial charge on any atom is 0.0615 e. The zero-order valence-electron chi connectivity index (χ0n) is 7.54. The second kappa shape index (κ2) is 4.07. The van der Waals surface area contributed by atoms with Gasteiger partial charge < -0.3 is 5.11 Å². The van der Waals surface area contributed by atoms with Crippen LogP contribution < -0.4 is 0 Å². The SMILES string of the molecule is Cc1ccc(C)c(C=CCO)c1. The Labute approximate surface area is 73.4 Å². The van der Waals surface area contributed by atoms with Crippen LogP contribution >= 0.6 is 0 Å². The van der Waals surface area contributed by atoms with Gasteiger partial charge in [-0.25, -0.2) is 0 Å². The zero-order chi connectivity index (χ0) is 8.97. The lowest BCUT2D eigenvalue weighted by Crippen LogP contribution is -1.82. The molecule has 0 saturated heterocycles. The van der Waals surface area contributed by atoms with Gasteiger partial charge >= 0.3 is 0 Å². The first-order chi connectivity index (χ1) is 5.74. The van der Waals surface area contributed by atoms with E-state index in [0.29, 0.717) is 0 Å². The van der Waals surface area contributed by atoms with E-state index in [1.165, 1.54) is 16.7 Å². The van der Waals surface area contributed by atoms with Crippen molar-refractivity contribution >= 4 is 6.08 Å². The first kappa shape index (κ1) is 9.01. The van der Waals surface area contributed by atoms with Crippen LogP contribution in [0.1, 0.15) is 16.7 Å². The highest BCUT2D eigenvalue weighted by Gasteiger charge is 1.92. The monoisotopic (exact) mass is 162 g/mol. The molecule has 0 aliphatic rings. The van der Waals surface area contributed by atoms with Gasteiger partial charge in [-0.3, -0.25) is 0 Å². The van der Waals surface area contributed by atoms with Crippen LogP contribution in [0.2, 0.25) is 0 Å². The lowest BCUT2D eigenvalue weighted by Gasteiger charge is -2.00. The number of aliphatic hydroxyl groups excluding tert-OH is 1. The highest BCUT2D eigenvalue weighted by molar-refractivity contribution is 5.54. The third-order valence-electron chi connectivity index (χ3n) is 1.84. The van der Waals surface area contributed by atoms with Crippen molar-refractivity contribution in [3.63, 3.8) is 0 Å². The van der Waals surface area contributed by atoms with Crippen LogP contribution in [0.4, 0.5) is 0 Å². The van der Waals surface area contributed by atoms with Crippen LogP contribution in [-0.2, 0) is 0 Å². The molecule has 0 aromatic heterocycles. The van der Waals surface area contributed by atoms with E-state index in [1.54, 1.807) is 6.08 Å². The van der Waals surface area contributed by atoms with E-state index in [-0.39, 0.29) is 6.61 Å². The molecule has 12 heavy (non-hydrogen) atoms. The van der Waals surface area contributed by atoms with Crippen LogP contribution in [-0.4, -0.2) is 11.7 Å². The van der Waals surface area contributed by atoms with Gasteiger partial charge in [0.2, 0.25) is 0 Å². The summed E-state index contributed by atoms with van der Waals surface area (Å²) in [5.74, 6) is 0. The Hall–Kier alpha value is -1.08. The van der Waals surface area contributed by atoms with Crippen molar-refractivity contribution in [1.82, 2.24) is 0 Å². The number of aliphatic hydroxyl groups is 1. The number of hydrogen-bond acceptors (Lipinski definition) is 1. The van der Waals surface area contributed by atoms with Crippen molar-refractivity contribution in [2.75, 3.05) is 6.61 Å². The Morgan fingerprint density at radius 3 is 2.75 bits per heavy atom. The topological polar surface area (TPSA) is 20.2 Å². The molecule has 0 unspecified atom stereocenters. The largest absolute Gasteiger partial charge is 0.392 e. The number of hydrogen-bond donors (Lipinski definition) is 1. The first-order valence-electron chi connectivity index (χ1n) is 4.08. The standard InChI is InChI=1S/C11H14O/c1-9-5-6-10(2)11(8-9)4-3-7-12/h3-6,8,12H,7H2,1-2H3. The van der Waals surface area contributed by atoms with Crippen LogP contribution in [0.5, 0.6) is 0 Å². The Balaban J connectivity index is 2.97. The van der Waals surface area contributed by atoms with Crippen molar-refractivity contribution in [1.29, 1.82) is 0 Å². The maximum atomic E-state index is 8.60. The maximum absolute atomic E-state index is 8.60. The van der Waals surface area contributed by atoms with Crippen molar-refractivity contribution in [3.8, 4) is 0 Å². The summed E-state index contributed by atoms with van der Waals surface area (Å²) < 4.78 is 0. The molecule has 1 N–H and O–H groups in total. The molecule has 1 aromatic rings. The summed E-state index contributed by atoms with van der Waals surface area (Å²) in [7, 11) is 0. The first-order valence-corrected chi connectivity index (χ1v) is 4.08. The summed E-state index contributed by atoms with van der Waals surface area (Å²) in [6.07, 6.45) is 3.70. The molecule has 0 saturated carbocycles. The summed E-state index contributed by atoms with van der Waals surface area (Å²) in [5, 5.41) is 8.60. The Bertz CT molecular complexity index is 287. The van der Waals surface area contributed by atoms with Gasteiger partial charge in [0.25, 0.3) is 0 Å². The molecule has 1 nitrogen and oxygen atoms in total. The lowest BCUT2D eigenvalue weighted by atomic mass is 10.1. The molecule has 0 aliphatic heterocycles. The molecular formula is C11H14O. The quantitative estimate of drug-likeness (QED) is 0.707. The van der Waals surface area contributed by atoms with Crippen molar-refractivity contribution in [2.24, 2.45) is 0 Å². The van der Waals surface area contributed by atoms with E-state index < -0.39 is 0 Å². The smallest absolute Gasteiger partial charge is 0.0615 e. The predicted octanol–water partition coefficient (Wildman–Crippen LogP) is 2.31. The van der Waals surface area contributed by atoms with Gasteiger partial charge in [0.1, 0.15) is 0 Å². The molecule has 1 aromatic carbocycles. The molecule has 0 radical (unpaired) electrons.